The van der Waals surface area contributed by atoms with Crippen molar-refractivity contribution < 1.29 is 40.3 Å². The minimum absolute atomic E-state index is 0.252. The van der Waals surface area contributed by atoms with Crippen LogP contribution in [0.1, 0.15) is 12.5 Å². The normalized spacial score (nSPS) is 12.9. The van der Waals surface area contributed by atoms with E-state index in [1.807, 2.05) is 0 Å². The lowest BCUT2D eigenvalue weighted by Gasteiger charge is -2.36. The lowest BCUT2D eigenvalue weighted by atomic mass is 9.91. The van der Waals surface area contributed by atoms with Crippen LogP contribution in [0, 0.1) is 5.82 Å². The van der Waals surface area contributed by atoms with Crippen molar-refractivity contribution >= 4 is 5.97 Å². The maximum atomic E-state index is 13.2. The molecule has 0 fully saturated rings. The van der Waals surface area contributed by atoms with E-state index in [0.717, 1.165) is 6.92 Å². The fraction of sp³-hybridized carbons (Fsp3) is 0.308. The maximum Gasteiger partial charge on any atom is 0.442 e. The molecule has 0 heterocycles. The van der Waals surface area contributed by atoms with Crippen molar-refractivity contribution in [3.05, 3.63) is 47.8 Å². The number of halogens is 7. The number of carbonyl (C=O) groups excluding carboxylic acids is 1. The van der Waals surface area contributed by atoms with Crippen LogP contribution in [0.5, 0.6) is 0 Å². The molecular formula is C13H9F7O2. The molecule has 0 aliphatic carbocycles. The smallest absolute Gasteiger partial charge is 0.431 e. The summed E-state index contributed by atoms with van der Waals surface area (Å²) < 4.78 is 95.5. The van der Waals surface area contributed by atoms with E-state index >= 15 is 0 Å². The number of carbonyl (C=O) groups is 1. The monoisotopic (exact) mass is 330 g/mol. The van der Waals surface area contributed by atoms with Crippen molar-refractivity contribution in [2.75, 3.05) is 0 Å². The van der Waals surface area contributed by atoms with Gasteiger partial charge in [0.05, 0.1) is 0 Å². The summed E-state index contributed by atoms with van der Waals surface area (Å²) in [6.07, 6.45) is -12.0. The molecule has 0 radical (unpaired) electrons. The number of ether oxygens (including phenoxy) is 1. The summed E-state index contributed by atoms with van der Waals surface area (Å²) in [6.45, 7) is 3.84. The van der Waals surface area contributed by atoms with Crippen molar-refractivity contribution in [1.29, 1.82) is 0 Å². The molecule has 0 saturated heterocycles. The fourth-order valence-electron chi connectivity index (χ4n) is 1.57. The highest BCUT2D eigenvalue weighted by Crippen LogP contribution is 2.53. The molecule has 1 aromatic carbocycles. The third-order valence-corrected chi connectivity index (χ3v) is 2.64. The third-order valence-electron chi connectivity index (χ3n) is 2.64. The summed E-state index contributed by atoms with van der Waals surface area (Å²) in [5.74, 6) is -2.92. The molecule has 0 aliphatic rings. The predicted octanol–water partition coefficient (Wildman–Crippen LogP) is 4.26. The van der Waals surface area contributed by atoms with Gasteiger partial charge in [0, 0.05) is 11.1 Å². The molecule has 2 nitrogen and oxygen atoms in total. The molecule has 0 aromatic heterocycles. The van der Waals surface area contributed by atoms with Gasteiger partial charge in [0.15, 0.2) is 0 Å². The highest BCUT2D eigenvalue weighted by atomic mass is 19.4. The first kappa shape index (κ1) is 18.0. The Bertz CT molecular complexity index is 556. The van der Waals surface area contributed by atoms with E-state index < -0.39 is 40.9 Å². The van der Waals surface area contributed by atoms with Gasteiger partial charge in [-0.05, 0) is 19.1 Å². The maximum absolute atomic E-state index is 13.2. The largest absolute Gasteiger partial charge is 0.442 e. The SMILES string of the molecule is C=C(C)C(=O)OC(c1ccc(F)cc1)(C(F)(F)F)C(F)(F)F. The van der Waals surface area contributed by atoms with Crippen LogP contribution in [-0.4, -0.2) is 18.3 Å². The van der Waals surface area contributed by atoms with Crippen LogP contribution in [0.15, 0.2) is 36.4 Å². The Labute approximate surface area is 120 Å². The van der Waals surface area contributed by atoms with E-state index in [0.29, 0.717) is 12.1 Å². The van der Waals surface area contributed by atoms with E-state index in [4.69, 9.17) is 0 Å². The lowest BCUT2D eigenvalue weighted by Crippen LogP contribution is -2.57. The molecule has 0 spiro atoms. The summed E-state index contributed by atoms with van der Waals surface area (Å²) in [4.78, 5) is 11.3. The molecule has 122 valence electrons. The van der Waals surface area contributed by atoms with Crippen molar-refractivity contribution in [3.63, 3.8) is 0 Å². The Morgan fingerprint density at radius 2 is 1.41 bits per heavy atom. The molecule has 0 saturated carbocycles. The summed E-state index contributed by atoms with van der Waals surface area (Å²) >= 11 is 0. The minimum Gasteiger partial charge on any atom is -0.431 e. The first-order chi connectivity index (χ1) is 9.83. The topological polar surface area (TPSA) is 26.3 Å². The molecule has 0 bridgehead atoms. The van der Waals surface area contributed by atoms with Crippen LogP contribution in [0.2, 0.25) is 0 Å². The van der Waals surface area contributed by atoms with Crippen LogP contribution < -0.4 is 0 Å². The molecule has 1 rings (SSSR count). The van der Waals surface area contributed by atoms with Gasteiger partial charge in [-0.3, -0.25) is 0 Å². The van der Waals surface area contributed by atoms with Gasteiger partial charge < -0.3 is 4.74 Å². The quantitative estimate of drug-likeness (QED) is 0.470. The zero-order chi connectivity index (χ0) is 17.3. The van der Waals surface area contributed by atoms with Crippen molar-refractivity contribution in [1.82, 2.24) is 0 Å². The minimum atomic E-state index is -6.02. The van der Waals surface area contributed by atoms with Crippen LogP contribution in [-0.2, 0) is 15.1 Å². The summed E-state index contributed by atoms with van der Waals surface area (Å²) in [7, 11) is 0. The van der Waals surface area contributed by atoms with E-state index in [-0.39, 0.29) is 12.1 Å². The van der Waals surface area contributed by atoms with E-state index in [1.165, 1.54) is 0 Å². The molecule has 0 atom stereocenters. The van der Waals surface area contributed by atoms with Crippen LogP contribution in [0.25, 0.3) is 0 Å². The number of esters is 1. The molecule has 0 N–H and O–H groups in total. The number of hydrogen-bond donors (Lipinski definition) is 0. The zero-order valence-corrected chi connectivity index (χ0v) is 11.0. The molecule has 0 unspecified atom stereocenters. The van der Waals surface area contributed by atoms with Crippen LogP contribution in [0.3, 0.4) is 0 Å². The summed E-state index contributed by atoms with van der Waals surface area (Å²) in [6, 6.07) is 1.30. The molecule has 22 heavy (non-hydrogen) atoms. The number of alkyl halides is 6. The van der Waals surface area contributed by atoms with Gasteiger partial charge in [0.1, 0.15) is 5.82 Å². The van der Waals surface area contributed by atoms with Crippen LogP contribution in [0.4, 0.5) is 30.7 Å². The highest BCUT2D eigenvalue weighted by molar-refractivity contribution is 5.87. The molecule has 1 aromatic rings. The average Bonchev–Trinajstić information content (AvgIpc) is 2.33. The second kappa shape index (κ2) is 5.62. The van der Waals surface area contributed by atoms with Gasteiger partial charge >= 0.3 is 23.9 Å². The van der Waals surface area contributed by atoms with Gasteiger partial charge in [0.25, 0.3) is 0 Å². The van der Waals surface area contributed by atoms with E-state index in [9.17, 15) is 35.5 Å². The van der Waals surface area contributed by atoms with Gasteiger partial charge in [-0.2, -0.15) is 26.3 Å². The van der Waals surface area contributed by atoms with Crippen molar-refractivity contribution in [3.8, 4) is 0 Å². The number of rotatable bonds is 3. The Kier molecular flexibility index (Phi) is 4.59. The molecule has 0 aliphatic heterocycles. The van der Waals surface area contributed by atoms with Gasteiger partial charge in [-0.1, -0.05) is 18.7 Å². The highest BCUT2D eigenvalue weighted by Gasteiger charge is 2.75. The number of benzene rings is 1. The third kappa shape index (κ3) is 3.07. The fourth-order valence-corrected chi connectivity index (χ4v) is 1.57. The zero-order valence-electron chi connectivity index (χ0n) is 11.0. The number of hydrogen-bond acceptors (Lipinski definition) is 2. The first-order valence-corrected chi connectivity index (χ1v) is 5.61. The van der Waals surface area contributed by atoms with Gasteiger partial charge in [-0.25, -0.2) is 9.18 Å². The molecule has 0 amide bonds. The Morgan fingerprint density at radius 3 is 1.73 bits per heavy atom. The van der Waals surface area contributed by atoms with Gasteiger partial charge in [0.2, 0.25) is 0 Å². The second-order valence-corrected chi connectivity index (χ2v) is 4.35. The molecular weight excluding hydrogens is 321 g/mol. The Balaban J connectivity index is 3.63. The molecule has 9 heteroatoms. The van der Waals surface area contributed by atoms with E-state index in [2.05, 4.69) is 11.3 Å². The van der Waals surface area contributed by atoms with Crippen molar-refractivity contribution in [2.45, 2.75) is 24.9 Å². The van der Waals surface area contributed by atoms with Crippen molar-refractivity contribution in [2.24, 2.45) is 0 Å². The summed E-state index contributed by atoms with van der Waals surface area (Å²) in [5.41, 5.74) is -7.03. The lowest BCUT2D eigenvalue weighted by molar-refractivity contribution is -0.376. The first-order valence-electron chi connectivity index (χ1n) is 5.61. The summed E-state index contributed by atoms with van der Waals surface area (Å²) in [5, 5.41) is 0. The standard InChI is InChI=1S/C13H9F7O2/c1-7(2)10(21)22-11(12(15,16)17,13(18,19)20)8-3-5-9(14)6-4-8/h3-6H,1H2,2H3. The van der Waals surface area contributed by atoms with E-state index in [1.54, 1.807) is 0 Å². The second-order valence-electron chi connectivity index (χ2n) is 4.35. The predicted molar refractivity (Wildman–Crippen MR) is 61.1 cm³/mol. The van der Waals surface area contributed by atoms with Crippen LogP contribution >= 0.6 is 0 Å². The Hall–Kier alpha value is -2.06. The average molecular weight is 330 g/mol. The Morgan fingerprint density at radius 1 is 1.00 bits per heavy atom. The van der Waals surface area contributed by atoms with Gasteiger partial charge in [-0.15, -0.1) is 0 Å².